The van der Waals surface area contributed by atoms with Gasteiger partial charge in [0.25, 0.3) is 11.8 Å². The first-order valence-electron chi connectivity index (χ1n) is 31.5. The molecule has 4 saturated heterocycles. The van der Waals surface area contributed by atoms with E-state index in [9.17, 15) is 52.7 Å². The van der Waals surface area contributed by atoms with Gasteiger partial charge in [0.15, 0.2) is 11.3 Å². The molecule has 502 valence electrons. The first-order chi connectivity index (χ1) is 43.1. The van der Waals surface area contributed by atoms with Crippen molar-refractivity contribution in [3.8, 4) is 11.5 Å². The van der Waals surface area contributed by atoms with E-state index in [0.29, 0.717) is 18.4 Å². The summed E-state index contributed by atoms with van der Waals surface area (Å²) in [6.45, 7) is 19.1. The number of ether oxygens (including phenoxy) is 2. The molecule has 6 aliphatic rings. The van der Waals surface area contributed by atoms with Crippen molar-refractivity contribution in [3.05, 3.63) is 44.6 Å². The number of anilines is 1. The lowest BCUT2D eigenvalue weighted by molar-refractivity contribution is -0.162. The summed E-state index contributed by atoms with van der Waals surface area (Å²) in [4.78, 5) is 200. The topological polar surface area (TPSA) is 360 Å². The van der Waals surface area contributed by atoms with Crippen molar-refractivity contribution in [2.24, 2.45) is 23.7 Å². The van der Waals surface area contributed by atoms with E-state index in [1.54, 1.807) is 34.6 Å². The molecule has 1 aromatic carbocycles. The van der Waals surface area contributed by atoms with Crippen LogP contribution >= 0.6 is 0 Å². The van der Waals surface area contributed by atoms with Crippen LogP contribution in [-0.4, -0.2) is 220 Å². The van der Waals surface area contributed by atoms with Crippen molar-refractivity contribution in [3.63, 3.8) is 0 Å². The van der Waals surface area contributed by atoms with E-state index in [4.69, 9.17) is 24.6 Å². The summed E-state index contributed by atoms with van der Waals surface area (Å²) in [7, 11) is 5.63. The van der Waals surface area contributed by atoms with Gasteiger partial charge in [-0.1, -0.05) is 61.5 Å². The highest BCUT2D eigenvalue weighted by molar-refractivity contribution is 6.10. The molecule has 0 unspecified atom stereocenters. The van der Waals surface area contributed by atoms with E-state index in [-0.39, 0.29) is 78.6 Å². The maximum Gasteiger partial charge on any atom is 0.329 e. The zero-order chi connectivity index (χ0) is 68.4. The van der Waals surface area contributed by atoms with Gasteiger partial charge in [-0.25, -0.2) is 14.6 Å². The molecule has 5 heterocycles. The zero-order valence-electron chi connectivity index (χ0n) is 55.5. The number of rotatable bonds is 10. The third-order valence-corrected chi connectivity index (χ3v) is 17.8. The largest absolute Gasteiger partial charge is 0.458 e. The Morgan fingerprint density at radius 3 is 1.47 bits per heavy atom. The molecule has 0 spiro atoms. The molecule has 0 bridgehead atoms. The minimum absolute atomic E-state index is 0.0735. The number of esters is 2. The first kappa shape index (κ1) is 70.7. The smallest absolute Gasteiger partial charge is 0.329 e. The highest BCUT2D eigenvalue weighted by Gasteiger charge is 2.46. The van der Waals surface area contributed by atoms with E-state index < -0.39 is 179 Å². The van der Waals surface area contributed by atoms with Gasteiger partial charge in [-0.15, -0.1) is 0 Å². The lowest BCUT2D eigenvalue weighted by atomic mass is 9.98. The highest BCUT2D eigenvalue weighted by atomic mass is 16.6. The summed E-state index contributed by atoms with van der Waals surface area (Å²) >= 11 is 0. The Bertz CT molecular complexity index is 3450. The fourth-order valence-electron chi connectivity index (χ4n) is 12.3. The van der Waals surface area contributed by atoms with E-state index in [0.717, 1.165) is 4.90 Å². The summed E-state index contributed by atoms with van der Waals surface area (Å²) in [5.41, 5.74) is 3.62. The third-order valence-electron chi connectivity index (χ3n) is 17.8. The fraction of sp³-hybridized carbons (Fsp3) is 0.625. The molecular formula is C64H90N12O16. The number of benzene rings is 2. The number of aromatic nitrogens is 1. The average Bonchev–Trinajstić information content (AvgIpc) is 0.946. The molecule has 6 N–H and O–H groups in total. The van der Waals surface area contributed by atoms with E-state index in [1.807, 2.05) is 27.7 Å². The summed E-state index contributed by atoms with van der Waals surface area (Å²) < 4.78 is 18.4. The molecule has 92 heavy (non-hydrogen) atoms. The number of hydrogen-bond acceptors (Lipinski definition) is 18. The Hall–Kier alpha value is -8.72. The van der Waals surface area contributed by atoms with E-state index >= 15 is 9.59 Å². The summed E-state index contributed by atoms with van der Waals surface area (Å²) in [5, 5.41) is 10.7. The quantitative estimate of drug-likeness (QED) is 0.109. The summed E-state index contributed by atoms with van der Waals surface area (Å²) in [6, 6.07) is -7.84. The van der Waals surface area contributed by atoms with E-state index in [1.165, 1.54) is 85.6 Å². The Balaban J connectivity index is 1.32. The van der Waals surface area contributed by atoms with E-state index in [2.05, 4.69) is 21.3 Å². The van der Waals surface area contributed by atoms with Gasteiger partial charge < -0.3 is 70.3 Å². The number of nitrogens with zero attached hydrogens (tertiary/aromatic N) is 7. The standard InChI is InChI=1S/C64H90N12O16/c1-29(2)25-40-63(88)90-35(11)48(57(82)67-46(31(5)6)61(86)75-23-17-19-38(75)59(84)71(13)27-42(77)73(40)15)69-55(80)37-22-21-33(9)53-50(37)66-51-44(45(65)52(79)34(10)54(51)92-53)56(81)70-49-36(12)91-64(89)41(26-30(3)4)74(16)43(78)28-72(14)60(85)39-20-18-24-76(39)62(87)47(32(7)8)68-58(49)83/h21-22,29-32,35-36,38-41,46-49H,17-20,23-28,65H2,1-16H3,(H,67,82)(H,68,83)(H,69,80)(H,70,81)/t35-,36-,38+,39+,40+,41+,46-,47-,48+,49+/m1/s1. The van der Waals surface area contributed by atoms with Crippen LogP contribution in [0.4, 0.5) is 5.69 Å². The Kier molecular flexibility index (Phi) is 22.2. The number of nitrogens with one attached hydrogen (secondary N) is 4. The summed E-state index contributed by atoms with van der Waals surface area (Å²) in [6.07, 6.45) is -1.46. The lowest BCUT2D eigenvalue weighted by Gasteiger charge is -2.35. The predicted octanol–water partition coefficient (Wildman–Crippen LogP) is 1.51. The number of likely N-dealkylation sites (N-methyl/N-ethyl adjacent to an activating group) is 4. The Labute approximate surface area is 535 Å². The Morgan fingerprint density at radius 2 is 1.05 bits per heavy atom. The monoisotopic (exact) mass is 1280 g/mol. The minimum Gasteiger partial charge on any atom is -0.458 e. The van der Waals surface area contributed by atoms with Crippen molar-refractivity contribution in [2.75, 3.05) is 60.1 Å². The molecule has 0 aromatic heterocycles. The highest BCUT2D eigenvalue weighted by Crippen LogP contribution is 2.35. The van der Waals surface area contributed by atoms with Crippen LogP contribution in [-0.2, 0) is 57.4 Å². The number of carbonyl (C=O) groups excluding carboxylic acids is 12. The Morgan fingerprint density at radius 1 is 0.630 bits per heavy atom. The third kappa shape index (κ3) is 14.8. The molecule has 1 aromatic rings. The van der Waals surface area contributed by atoms with Crippen LogP contribution in [0, 0.1) is 37.5 Å². The van der Waals surface area contributed by atoms with Crippen LogP contribution in [0.2, 0.25) is 0 Å². The SMILES string of the molecule is Cc1c2oc3c(C)ccc(C(=O)N[C@@H]4C(=O)N[C@H](C(C)C)C(=O)N5CCC[C@H]5C(=O)N(C)CC(=O)N(C)[C@@H](CC(C)C)C(=O)O[C@@H]4C)c3nc-2c(C(=O)N[C@@H]2C(=O)N[C@H](C(C)C)C(=O)N3CCC[C@H]3C(=O)N(C)CC(=O)N(C)[C@@H](CC(C)C)C(=O)O[C@@H]2C)c(N)c1=O. The molecule has 10 atom stereocenters. The summed E-state index contributed by atoms with van der Waals surface area (Å²) in [5.74, 6) is -11.5. The first-order valence-corrected chi connectivity index (χ1v) is 31.5. The molecule has 1 aliphatic carbocycles. The van der Waals surface area contributed by atoms with Crippen LogP contribution in [0.25, 0.3) is 22.6 Å². The molecule has 5 aliphatic heterocycles. The molecule has 0 saturated carbocycles. The number of hydrogen-bond donors (Lipinski definition) is 5. The maximum absolute atomic E-state index is 15.2. The van der Waals surface area contributed by atoms with Gasteiger partial charge in [0.05, 0.1) is 29.9 Å². The van der Waals surface area contributed by atoms with Crippen LogP contribution in [0.3, 0.4) is 0 Å². The molecule has 28 nitrogen and oxygen atoms in total. The van der Waals surface area contributed by atoms with Gasteiger partial charge in [0.1, 0.15) is 71.8 Å². The van der Waals surface area contributed by atoms with Crippen LogP contribution < -0.4 is 32.4 Å². The molecule has 28 heteroatoms. The fourth-order valence-corrected chi connectivity index (χ4v) is 12.3. The molecular weight excluding hydrogens is 1190 g/mol. The number of carbonyl (C=O) groups is 12. The second kappa shape index (κ2) is 28.8. The van der Waals surface area contributed by atoms with Gasteiger partial charge >= 0.3 is 11.9 Å². The molecule has 7 rings (SSSR count). The lowest BCUT2D eigenvalue weighted by Crippen LogP contribution is -2.61. The van der Waals surface area contributed by atoms with Gasteiger partial charge in [0.2, 0.25) is 52.7 Å². The number of fused-ring (bicyclic) bond motifs is 4. The minimum atomic E-state index is -1.88. The number of cyclic esters (lactones) is 2. The second-order valence-electron chi connectivity index (χ2n) is 26.5. The second-order valence-corrected chi connectivity index (χ2v) is 26.5. The van der Waals surface area contributed by atoms with Crippen LogP contribution in [0.5, 0.6) is 0 Å². The average molecular weight is 1280 g/mol. The van der Waals surface area contributed by atoms with Gasteiger partial charge in [-0.05, 0) is 102 Å². The van der Waals surface area contributed by atoms with Crippen LogP contribution in [0.15, 0.2) is 21.3 Å². The number of aryl methyl sites for hydroxylation is 1. The zero-order valence-corrected chi connectivity index (χ0v) is 55.5. The van der Waals surface area contributed by atoms with Crippen molar-refractivity contribution in [2.45, 2.75) is 182 Å². The number of amides is 10. The predicted molar refractivity (Wildman–Crippen MR) is 335 cm³/mol. The van der Waals surface area contributed by atoms with Crippen molar-refractivity contribution < 1.29 is 71.4 Å². The number of nitrogen functional groups attached to an aromatic ring is 1. The van der Waals surface area contributed by atoms with Gasteiger partial charge in [-0.2, -0.15) is 0 Å². The molecule has 0 radical (unpaired) electrons. The van der Waals surface area contributed by atoms with Gasteiger partial charge in [-0.3, -0.25) is 52.7 Å². The van der Waals surface area contributed by atoms with Crippen LogP contribution in [0.1, 0.15) is 140 Å². The van der Waals surface area contributed by atoms with Crippen molar-refractivity contribution in [1.29, 1.82) is 0 Å². The normalized spacial score (nSPS) is 25.9. The van der Waals surface area contributed by atoms with Gasteiger partial charge in [0, 0.05) is 46.8 Å². The molecule has 4 fully saturated rings. The maximum atomic E-state index is 15.2. The molecule has 10 amide bonds. The number of nitrogens with two attached hydrogens (primary N) is 1. The van der Waals surface area contributed by atoms with Crippen molar-refractivity contribution in [1.82, 2.24) is 55.7 Å². The van der Waals surface area contributed by atoms with Crippen molar-refractivity contribution >= 4 is 87.8 Å².